The molecule has 0 atom stereocenters. The third kappa shape index (κ3) is 3.05. The Kier molecular flexibility index (Phi) is 4.47. The molecule has 2 N–H and O–H groups in total. The van der Waals surface area contributed by atoms with Gasteiger partial charge in [-0.2, -0.15) is 0 Å². The van der Waals surface area contributed by atoms with Gasteiger partial charge in [0.1, 0.15) is 0 Å². The first-order chi connectivity index (χ1) is 7.61. The lowest BCUT2D eigenvalue weighted by atomic mass is 9.94. The summed E-state index contributed by atoms with van der Waals surface area (Å²) in [6.45, 7) is 5.52. The molecular formula is C14H18O2. The van der Waals surface area contributed by atoms with Gasteiger partial charge in [0.2, 0.25) is 0 Å². The van der Waals surface area contributed by atoms with Gasteiger partial charge in [0.05, 0.1) is 0 Å². The summed E-state index contributed by atoms with van der Waals surface area (Å²) in [4.78, 5) is 0. The molecule has 16 heavy (non-hydrogen) atoms. The fraction of sp³-hybridized carbons (Fsp3) is 0.286. The average molecular weight is 218 g/mol. The van der Waals surface area contributed by atoms with E-state index in [1.165, 1.54) is 0 Å². The van der Waals surface area contributed by atoms with Crippen molar-refractivity contribution in [1.82, 2.24) is 0 Å². The smallest absolute Gasteiger partial charge is 0.190 e. The Balaban J connectivity index is 3.11. The van der Waals surface area contributed by atoms with Gasteiger partial charge in [-0.1, -0.05) is 62.4 Å². The molecule has 1 rings (SSSR count). The molecule has 0 saturated heterocycles. The second kappa shape index (κ2) is 5.64. The number of benzene rings is 1. The normalized spacial score (nSPS) is 12.6. The van der Waals surface area contributed by atoms with Crippen LogP contribution < -0.4 is 0 Å². The number of allylic oxidation sites excluding steroid dienone is 2. The monoisotopic (exact) mass is 218 g/mol. The van der Waals surface area contributed by atoms with Gasteiger partial charge in [-0.15, -0.1) is 0 Å². The van der Waals surface area contributed by atoms with Crippen molar-refractivity contribution in [2.75, 3.05) is 0 Å². The minimum absolute atomic E-state index is 0.307. The van der Waals surface area contributed by atoms with E-state index in [-0.39, 0.29) is 0 Å². The van der Waals surface area contributed by atoms with Crippen molar-refractivity contribution in [3.63, 3.8) is 0 Å². The predicted octanol–water partition coefficient (Wildman–Crippen LogP) is 2.74. The van der Waals surface area contributed by atoms with Crippen LogP contribution in [-0.2, 0) is 0 Å². The Labute approximate surface area is 96.6 Å². The maximum atomic E-state index is 10.00. The highest BCUT2D eigenvalue weighted by Gasteiger charge is 2.27. The van der Waals surface area contributed by atoms with Gasteiger partial charge in [-0.05, 0) is 5.56 Å². The van der Waals surface area contributed by atoms with Crippen LogP contribution in [0.5, 0.6) is 0 Å². The van der Waals surface area contributed by atoms with Crippen LogP contribution in [0.4, 0.5) is 0 Å². The van der Waals surface area contributed by atoms with Gasteiger partial charge in [0.25, 0.3) is 0 Å². The highest BCUT2D eigenvalue weighted by Crippen LogP contribution is 2.28. The number of rotatable bonds is 5. The molecule has 0 saturated carbocycles. The van der Waals surface area contributed by atoms with Gasteiger partial charge in [-0.25, -0.2) is 0 Å². The zero-order chi connectivity index (χ0) is 12.0. The summed E-state index contributed by atoms with van der Waals surface area (Å²) in [5.74, 6) is -1.79. The summed E-state index contributed by atoms with van der Waals surface area (Å²) in [7, 11) is 0. The quantitative estimate of drug-likeness (QED) is 0.589. The Morgan fingerprint density at radius 1 is 1.31 bits per heavy atom. The Morgan fingerprint density at radius 3 is 2.44 bits per heavy atom. The van der Waals surface area contributed by atoms with Crippen LogP contribution >= 0.6 is 0 Å². The first-order valence-electron chi connectivity index (χ1n) is 5.45. The molecule has 0 aliphatic carbocycles. The summed E-state index contributed by atoms with van der Waals surface area (Å²) in [5.41, 5.74) is 1.30. The first kappa shape index (κ1) is 12.7. The van der Waals surface area contributed by atoms with Crippen molar-refractivity contribution >= 4 is 5.57 Å². The molecule has 1 aromatic rings. The summed E-state index contributed by atoms with van der Waals surface area (Å²) in [5, 5.41) is 20.0. The van der Waals surface area contributed by atoms with Crippen molar-refractivity contribution in [1.29, 1.82) is 0 Å². The first-order valence-corrected chi connectivity index (χ1v) is 5.45. The summed E-state index contributed by atoms with van der Waals surface area (Å²) < 4.78 is 0. The lowest BCUT2D eigenvalue weighted by Crippen LogP contribution is -2.29. The molecule has 0 fully saturated rings. The Hall–Kier alpha value is -1.38. The molecule has 0 aromatic heterocycles. The minimum atomic E-state index is -1.79. The summed E-state index contributed by atoms with van der Waals surface area (Å²) in [6.07, 6.45) is 4.22. The maximum Gasteiger partial charge on any atom is 0.190 e. The SMILES string of the molecule is C=CC=C(c1ccccc1)C(O)(O)CCC. The molecule has 0 spiro atoms. The summed E-state index contributed by atoms with van der Waals surface area (Å²) in [6, 6.07) is 9.34. The number of aliphatic hydroxyl groups is 2. The molecule has 2 heteroatoms. The van der Waals surface area contributed by atoms with Crippen molar-refractivity contribution < 1.29 is 10.2 Å². The van der Waals surface area contributed by atoms with Gasteiger partial charge in [0, 0.05) is 12.0 Å². The standard InChI is InChI=1S/C14H18O2/c1-3-8-13(14(15,16)11-4-2)12-9-6-5-7-10-12/h3,5-10,15-16H,1,4,11H2,2H3. The molecule has 0 heterocycles. The van der Waals surface area contributed by atoms with Gasteiger partial charge >= 0.3 is 0 Å². The fourth-order valence-corrected chi connectivity index (χ4v) is 1.68. The highest BCUT2D eigenvalue weighted by atomic mass is 16.5. The third-order valence-electron chi connectivity index (χ3n) is 2.40. The van der Waals surface area contributed by atoms with Crippen molar-refractivity contribution in [3.8, 4) is 0 Å². The van der Waals surface area contributed by atoms with Crippen LogP contribution in [0.2, 0.25) is 0 Å². The Bertz CT molecular complexity index is 364. The number of hydrogen-bond donors (Lipinski definition) is 2. The average Bonchev–Trinajstić information content (AvgIpc) is 2.27. The van der Waals surface area contributed by atoms with Crippen LogP contribution in [-0.4, -0.2) is 16.0 Å². The van der Waals surface area contributed by atoms with Crippen molar-refractivity contribution in [3.05, 3.63) is 54.6 Å². The van der Waals surface area contributed by atoms with E-state index in [4.69, 9.17) is 0 Å². The molecule has 0 bridgehead atoms. The molecule has 0 radical (unpaired) electrons. The topological polar surface area (TPSA) is 40.5 Å². The van der Waals surface area contributed by atoms with Crippen LogP contribution in [0.3, 0.4) is 0 Å². The van der Waals surface area contributed by atoms with Crippen molar-refractivity contribution in [2.24, 2.45) is 0 Å². The maximum absolute atomic E-state index is 10.00. The van der Waals surface area contributed by atoms with E-state index in [2.05, 4.69) is 6.58 Å². The zero-order valence-corrected chi connectivity index (χ0v) is 9.56. The zero-order valence-electron chi connectivity index (χ0n) is 9.56. The van der Waals surface area contributed by atoms with Crippen LogP contribution in [0.15, 0.2) is 49.1 Å². The van der Waals surface area contributed by atoms with Crippen LogP contribution in [0.25, 0.3) is 5.57 Å². The van der Waals surface area contributed by atoms with E-state index >= 15 is 0 Å². The lowest BCUT2D eigenvalue weighted by molar-refractivity contribution is -0.113. The fourth-order valence-electron chi connectivity index (χ4n) is 1.68. The van der Waals surface area contributed by atoms with Crippen LogP contribution in [0.1, 0.15) is 25.3 Å². The predicted molar refractivity (Wildman–Crippen MR) is 66.7 cm³/mol. The second-order valence-corrected chi connectivity index (χ2v) is 3.75. The van der Waals surface area contributed by atoms with E-state index in [1.54, 1.807) is 12.2 Å². The highest BCUT2D eigenvalue weighted by molar-refractivity contribution is 5.71. The van der Waals surface area contributed by atoms with Gasteiger partial charge < -0.3 is 10.2 Å². The van der Waals surface area contributed by atoms with Crippen LogP contribution in [0, 0.1) is 0 Å². The van der Waals surface area contributed by atoms with Crippen molar-refractivity contribution in [2.45, 2.75) is 25.6 Å². The number of hydrogen-bond acceptors (Lipinski definition) is 2. The van der Waals surface area contributed by atoms with Gasteiger partial charge in [-0.3, -0.25) is 0 Å². The largest absolute Gasteiger partial charge is 0.362 e. The molecule has 1 aromatic carbocycles. The summed E-state index contributed by atoms with van der Waals surface area (Å²) >= 11 is 0. The minimum Gasteiger partial charge on any atom is -0.362 e. The Morgan fingerprint density at radius 2 is 1.94 bits per heavy atom. The van der Waals surface area contributed by atoms with E-state index in [1.807, 2.05) is 37.3 Å². The third-order valence-corrected chi connectivity index (χ3v) is 2.40. The molecular weight excluding hydrogens is 200 g/mol. The lowest BCUT2D eigenvalue weighted by Gasteiger charge is -2.24. The molecule has 86 valence electrons. The molecule has 2 nitrogen and oxygen atoms in total. The molecule has 0 unspecified atom stereocenters. The molecule has 0 aliphatic rings. The van der Waals surface area contributed by atoms with Gasteiger partial charge in [0.15, 0.2) is 5.79 Å². The molecule has 0 aliphatic heterocycles. The van der Waals surface area contributed by atoms with E-state index in [0.717, 1.165) is 5.56 Å². The van der Waals surface area contributed by atoms with E-state index < -0.39 is 5.79 Å². The molecule has 0 amide bonds. The van der Waals surface area contributed by atoms with E-state index in [9.17, 15) is 10.2 Å². The van der Waals surface area contributed by atoms with E-state index in [0.29, 0.717) is 18.4 Å². The second-order valence-electron chi connectivity index (χ2n) is 3.75.